The van der Waals surface area contributed by atoms with Gasteiger partial charge < -0.3 is 4.57 Å². The minimum Gasteiger partial charge on any atom is -0.300 e. The van der Waals surface area contributed by atoms with Crippen molar-refractivity contribution in [2.24, 2.45) is 0 Å². The quantitative estimate of drug-likeness (QED) is 0.370. The summed E-state index contributed by atoms with van der Waals surface area (Å²) in [6.45, 7) is 0.210. The fourth-order valence-corrected chi connectivity index (χ4v) is 4.07. The third-order valence-electron chi connectivity index (χ3n) is 4.44. The fourth-order valence-electron chi connectivity index (χ4n) is 3.16. The van der Waals surface area contributed by atoms with E-state index >= 15 is 0 Å². The predicted octanol–water partition coefficient (Wildman–Crippen LogP) is 5.06. The van der Waals surface area contributed by atoms with Crippen LogP contribution in [-0.4, -0.2) is 24.9 Å². The Morgan fingerprint density at radius 2 is 1.78 bits per heavy atom. The van der Waals surface area contributed by atoms with Crippen LogP contribution < -0.4 is 0 Å². The first-order valence-corrected chi connectivity index (χ1v) is 10.0. The average molecular weight is 437 g/mol. The molecule has 3 aromatic heterocycles. The van der Waals surface area contributed by atoms with E-state index in [-0.39, 0.29) is 12.3 Å². The van der Waals surface area contributed by atoms with Gasteiger partial charge in [0.05, 0.1) is 22.5 Å². The number of Topliss-reactive ketones (excluding diaryl/α,β-unsaturated/α-hetero) is 1. The lowest BCUT2D eigenvalue weighted by atomic mass is 10.1. The molecule has 0 spiro atoms. The number of halogens is 1. The Morgan fingerprint density at radius 1 is 1.00 bits per heavy atom. The van der Waals surface area contributed by atoms with Gasteiger partial charge >= 0.3 is 0 Å². The van der Waals surface area contributed by atoms with E-state index < -0.39 is 0 Å². The Balaban J connectivity index is 1.65. The molecule has 0 unspecified atom stereocenters. The Morgan fingerprint density at radius 3 is 2.52 bits per heavy atom. The standard InChI is InChI=1S/C20H13BrN4OS/c21-14-9-7-13(8-10-14)17(26)12-24-15-4-1-2-5-16(15)25-20(24)22-19(23-25)18-6-3-11-27-18/h1-11H,12H2. The minimum atomic E-state index is 0.0337. The summed E-state index contributed by atoms with van der Waals surface area (Å²) in [6.07, 6.45) is 0. The summed E-state index contributed by atoms with van der Waals surface area (Å²) >= 11 is 5.00. The summed E-state index contributed by atoms with van der Waals surface area (Å²) in [7, 11) is 0. The van der Waals surface area contributed by atoms with Crippen LogP contribution in [0.25, 0.3) is 27.5 Å². The molecule has 0 atom stereocenters. The first-order chi connectivity index (χ1) is 13.2. The van der Waals surface area contributed by atoms with Gasteiger partial charge in [0.1, 0.15) is 0 Å². The first-order valence-electron chi connectivity index (χ1n) is 8.37. The molecule has 132 valence electrons. The van der Waals surface area contributed by atoms with Gasteiger partial charge in [-0.3, -0.25) is 4.79 Å². The zero-order chi connectivity index (χ0) is 18.4. The highest BCUT2D eigenvalue weighted by atomic mass is 79.9. The summed E-state index contributed by atoms with van der Waals surface area (Å²) in [6, 6.07) is 19.3. The van der Waals surface area contributed by atoms with Crippen LogP contribution in [0.15, 0.2) is 70.5 Å². The van der Waals surface area contributed by atoms with E-state index in [0.29, 0.717) is 17.2 Å². The van der Waals surface area contributed by atoms with Crippen LogP contribution in [0.4, 0.5) is 0 Å². The largest absolute Gasteiger partial charge is 0.300 e. The lowest BCUT2D eigenvalue weighted by Gasteiger charge is -2.05. The van der Waals surface area contributed by atoms with Crippen molar-refractivity contribution in [3.8, 4) is 10.7 Å². The zero-order valence-electron chi connectivity index (χ0n) is 14.0. The van der Waals surface area contributed by atoms with Gasteiger partial charge in [0, 0.05) is 10.0 Å². The number of benzene rings is 2. The summed E-state index contributed by atoms with van der Waals surface area (Å²) in [5.41, 5.74) is 2.55. The van der Waals surface area contributed by atoms with E-state index in [1.54, 1.807) is 11.3 Å². The van der Waals surface area contributed by atoms with Crippen molar-refractivity contribution in [1.29, 1.82) is 0 Å². The van der Waals surface area contributed by atoms with Crippen LogP contribution in [0.2, 0.25) is 0 Å². The maximum atomic E-state index is 12.9. The van der Waals surface area contributed by atoms with E-state index in [9.17, 15) is 4.79 Å². The van der Waals surface area contributed by atoms with Gasteiger partial charge in [-0.15, -0.1) is 16.4 Å². The molecule has 3 heterocycles. The number of carbonyl (C=O) groups excluding carboxylic acids is 1. The topological polar surface area (TPSA) is 52.2 Å². The highest BCUT2D eigenvalue weighted by Gasteiger charge is 2.18. The first kappa shape index (κ1) is 16.4. The molecule has 0 saturated carbocycles. The van der Waals surface area contributed by atoms with Crippen LogP contribution >= 0.6 is 27.3 Å². The highest BCUT2D eigenvalue weighted by molar-refractivity contribution is 9.10. The monoisotopic (exact) mass is 436 g/mol. The molecule has 27 heavy (non-hydrogen) atoms. The van der Waals surface area contributed by atoms with Crippen molar-refractivity contribution in [2.75, 3.05) is 0 Å². The molecule has 0 aliphatic heterocycles. The number of rotatable bonds is 4. The number of ketones is 1. The Kier molecular flexibility index (Phi) is 3.91. The molecular formula is C20H13BrN4OS. The average Bonchev–Trinajstić information content (AvgIpc) is 3.40. The fraction of sp³-hybridized carbons (Fsp3) is 0.0500. The molecule has 5 aromatic rings. The van der Waals surface area contributed by atoms with Crippen LogP contribution in [0.5, 0.6) is 0 Å². The van der Waals surface area contributed by atoms with Crippen LogP contribution in [0.1, 0.15) is 10.4 Å². The minimum absolute atomic E-state index is 0.0337. The van der Waals surface area contributed by atoms with Gasteiger partial charge in [-0.05, 0) is 35.7 Å². The number of aromatic nitrogens is 4. The van der Waals surface area contributed by atoms with Crippen LogP contribution in [0.3, 0.4) is 0 Å². The second-order valence-corrected chi connectivity index (χ2v) is 7.99. The van der Waals surface area contributed by atoms with Crippen molar-refractivity contribution < 1.29 is 4.79 Å². The molecule has 0 aliphatic carbocycles. The number of thiophene rings is 1. The molecule has 0 aliphatic rings. The SMILES string of the molecule is O=C(Cn1c2ccccc2n2nc(-c3cccs3)nc12)c1ccc(Br)cc1. The molecule has 0 radical (unpaired) electrons. The van der Waals surface area contributed by atoms with Crippen molar-refractivity contribution in [2.45, 2.75) is 6.54 Å². The number of nitrogens with zero attached hydrogens (tertiary/aromatic N) is 4. The molecule has 2 aromatic carbocycles. The second-order valence-electron chi connectivity index (χ2n) is 6.13. The predicted molar refractivity (Wildman–Crippen MR) is 110 cm³/mol. The van der Waals surface area contributed by atoms with Crippen molar-refractivity contribution in [3.63, 3.8) is 0 Å². The molecule has 0 amide bonds. The summed E-state index contributed by atoms with van der Waals surface area (Å²) < 4.78 is 4.70. The lowest BCUT2D eigenvalue weighted by Crippen LogP contribution is -2.10. The molecule has 0 bridgehead atoms. The molecule has 5 nitrogen and oxygen atoms in total. The Bertz CT molecular complexity index is 1270. The summed E-state index contributed by atoms with van der Waals surface area (Å²) in [5.74, 6) is 1.38. The van der Waals surface area contributed by atoms with E-state index in [2.05, 4.69) is 21.0 Å². The highest BCUT2D eigenvalue weighted by Crippen LogP contribution is 2.26. The smallest absolute Gasteiger partial charge is 0.234 e. The number of para-hydroxylation sites is 2. The normalized spacial score (nSPS) is 11.4. The van der Waals surface area contributed by atoms with Crippen molar-refractivity contribution in [3.05, 3.63) is 76.1 Å². The third-order valence-corrected chi connectivity index (χ3v) is 5.84. The van der Waals surface area contributed by atoms with E-state index in [1.165, 1.54) is 0 Å². The van der Waals surface area contributed by atoms with Gasteiger partial charge in [-0.1, -0.05) is 46.3 Å². The molecule has 7 heteroatoms. The maximum Gasteiger partial charge on any atom is 0.234 e. The summed E-state index contributed by atoms with van der Waals surface area (Å²) in [4.78, 5) is 18.6. The van der Waals surface area contributed by atoms with Crippen molar-refractivity contribution in [1.82, 2.24) is 19.2 Å². The van der Waals surface area contributed by atoms with Gasteiger partial charge in [0.15, 0.2) is 11.6 Å². The van der Waals surface area contributed by atoms with E-state index in [4.69, 9.17) is 4.98 Å². The second kappa shape index (κ2) is 6.44. The number of fused-ring (bicyclic) bond motifs is 3. The molecule has 0 fully saturated rings. The number of carbonyl (C=O) groups is 1. The number of hydrogen-bond acceptors (Lipinski definition) is 4. The Labute approximate surface area is 167 Å². The van der Waals surface area contributed by atoms with Gasteiger partial charge in [-0.25, -0.2) is 0 Å². The number of hydrogen-bond donors (Lipinski definition) is 0. The van der Waals surface area contributed by atoms with Gasteiger partial charge in [0.25, 0.3) is 0 Å². The van der Waals surface area contributed by atoms with Crippen LogP contribution in [-0.2, 0) is 6.54 Å². The van der Waals surface area contributed by atoms with Crippen LogP contribution in [0, 0.1) is 0 Å². The van der Waals surface area contributed by atoms with E-state index in [0.717, 1.165) is 20.4 Å². The molecule has 0 saturated heterocycles. The Hall–Kier alpha value is -2.77. The van der Waals surface area contributed by atoms with E-state index in [1.807, 2.05) is 75.1 Å². The molecular weight excluding hydrogens is 424 g/mol. The molecule has 5 rings (SSSR count). The van der Waals surface area contributed by atoms with Gasteiger partial charge in [-0.2, -0.15) is 9.50 Å². The van der Waals surface area contributed by atoms with Gasteiger partial charge in [0.2, 0.25) is 5.78 Å². The number of imidazole rings is 1. The third kappa shape index (κ3) is 2.79. The summed E-state index contributed by atoms with van der Waals surface area (Å²) in [5, 5.41) is 6.68. The maximum absolute atomic E-state index is 12.9. The lowest BCUT2D eigenvalue weighted by molar-refractivity contribution is 0.0974. The molecule has 0 N–H and O–H groups in total. The van der Waals surface area contributed by atoms with Crippen molar-refractivity contribution >= 4 is 49.9 Å². The zero-order valence-corrected chi connectivity index (χ0v) is 16.4.